The minimum Gasteiger partial charge on any atom is -0.472 e. The van der Waals surface area contributed by atoms with Crippen LogP contribution in [-0.4, -0.2) is 20.8 Å². The van der Waals surface area contributed by atoms with E-state index in [1.165, 1.54) is 150 Å². The number of anilines is 4. The molecule has 0 radical (unpaired) electrons. The minimum absolute atomic E-state index is 0.0274. The van der Waals surface area contributed by atoms with Gasteiger partial charge in [0.25, 0.3) is 6.71 Å². The second kappa shape index (κ2) is 15.8. The third kappa shape index (κ3) is 7.58. The average molecular weight is 1020 g/mol. The molecule has 394 valence electrons. The average Bonchev–Trinajstić information content (AvgIpc) is 3.90. The lowest BCUT2D eigenvalue weighted by Gasteiger charge is -2.52. The van der Waals surface area contributed by atoms with Gasteiger partial charge >= 0.3 is 0 Å². The molecule has 0 saturated carbocycles. The fraction of sp³-hybridized carbons (Fsp3) is 0.543. The highest BCUT2D eigenvalue weighted by molar-refractivity contribution is 6.93. The van der Waals surface area contributed by atoms with Crippen molar-refractivity contribution in [3.05, 3.63) is 134 Å². The van der Waals surface area contributed by atoms with Crippen molar-refractivity contribution < 1.29 is 4.42 Å². The van der Waals surface area contributed by atoms with Gasteiger partial charge in [-0.05, 0) is 189 Å². The molecule has 0 fully saturated rings. The van der Waals surface area contributed by atoms with E-state index in [1.54, 1.807) is 0 Å². The number of nitrogens with zero attached hydrogens (tertiary/aromatic N) is 2. The van der Waals surface area contributed by atoms with E-state index < -0.39 is 8.07 Å². The molecule has 75 heavy (non-hydrogen) atoms. The summed E-state index contributed by atoms with van der Waals surface area (Å²) in [6.45, 7) is 49.8. The molecule has 5 aromatic rings. The Labute approximate surface area is 455 Å². The zero-order chi connectivity index (χ0) is 53.9. The number of rotatable bonds is 4. The lowest BCUT2D eigenvalue weighted by atomic mass is 9.32. The minimum atomic E-state index is -1.55. The Balaban J connectivity index is 1.23. The van der Waals surface area contributed by atoms with Gasteiger partial charge in [-0.3, -0.25) is 0 Å². The monoisotopic (exact) mass is 1010 g/mol. The van der Waals surface area contributed by atoms with Crippen LogP contribution in [0.15, 0.2) is 94.0 Å². The molecule has 5 heteroatoms. The fourth-order valence-electron chi connectivity index (χ4n) is 15.8. The van der Waals surface area contributed by atoms with Gasteiger partial charge in [0, 0.05) is 33.6 Å². The van der Waals surface area contributed by atoms with Crippen molar-refractivity contribution in [1.29, 1.82) is 0 Å². The van der Waals surface area contributed by atoms with Crippen LogP contribution in [-0.2, 0) is 43.3 Å². The van der Waals surface area contributed by atoms with Crippen molar-refractivity contribution in [2.24, 2.45) is 0 Å². The molecule has 2 aliphatic heterocycles. The highest BCUT2D eigenvalue weighted by atomic mass is 28.3. The van der Waals surface area contributed by atoms with E-state index >= 15 is 0 Å². The molecule has 1 atom stereocenters. The van der Waals surface area contributed by atoms with Gasteiger partial charge in [0.1, 0.15) is 5.76 Å². The van der Waals surface area contributed by atoms with Crippen LogP contribution in [0.3, 0.4) is 0 Å². The van der Waals surface area contributed by atoms with Crippen LogP contribution >= 0.6 is 0 Å². The molecule has 12 rings (SSSR count). The Kier molecular flexibility index (Phi) is 10.8. The van der Waals surface area contributed by atoms with E-state index in [0.717, 1.165) is 19.3 Å². The molecule has 1 unspecified atom stereocenters. The van der Waals surface area contributed by atoms with Gasteiger partial charge in [-0.15, -0.1) is 0 Å². The van der Waals surface area contributed by atoms with Crippen molar-refractivity contribution >= 4 is 53.8 Å². The maximum atomic E-state index is 7.96. The summed E-state index contributed by atoms with van der Waals surface area (Å²) in [7, 11) is -1.55. The van der Waals surface area contributed by atoms with E-state index in [0.29, 0.717) is 0 Å². The third-order valence-corrected chi connectivity index (χ3v) is 23.5. The summed E-state index contributed by atoms with van der Waals surface area (Å²) in [6, 6.07) is 28.5. The molecule has 0 spiro atoms. The van der Waals surface area contributed by atoms with Crippen LogP contribution in [0, 0.1) is 0 Å². The zero-order valence-electron chi connectivity index (χ0n) is 50.2. The van der Waals surface area contributed by atoms with Crippen LogP contribution in [0.4, 0.5) is 22.7 Å². The van der Waals surface area contributed by atoms with Gasteiger partial charge in [0.15, 0.2) is 0 Å². The number of allylic oxidation sites excluding steroid dienone is 1. The number of fused-ring (bicyclic) bond motifs is 9. The molecule has 0 N–H and O–H groups in total. The topological polar surface area (TPSA) is 19.6 Å². The molecule has 1 aromatic heterocycles. The SMILES string of the molecule is CC1=CC2=C3B(c4cc5c(cc4N2c2cc4c(cc2-c2ccc([Si](C)(C)C)cc2)C(C)(C)CCC4(C)C)C(C)(C)CCC5(C)C)c2oc4c(c2N(c2ccc5c(c2)C(C)(C)CCC5(C)C)C3C1)C(C)(C)CCC4(C)C. The molecule has 7 aliphatic rings. The highest BCUT2D eigenvalue weighted by Crippen LogP contribution is 2.59. The first-order valence-electron chi connectivity index (χ1n) is 29.5. The standard InChI is InChI=1S/C70H91BN2OSi/c1-42-35-56-59-57(36-42)73(54-40-51-49(65(6,7)29-31-67(51,10)11)38-46(54)43-21-24-45(25-22-43)75(18,19)20)55-41-52-50(66(8,9)30-32-68(52,12)13)39-53(55)71(59)62-60(58-61(74-62)70(16,17)34-33-69(58,14)15)72(56)44-23-26-47-48(37-44)64(4,5)28-27-63(47,2)3/h21-26,36-41,56H,27-35H2,1-20H3. The van der Waals surface area contributed by atoms with Crippen molar-refractivity contribution in [3.63, 3.8) is 0 Å². The second-order valence-corrected chi connectivity index (χ2v) is 36.8. The van der Waals surface area contributed by atoms with Crippen molar-refractivity contribution in [2.75, 3.05) is 9.80 Å². The summed E-state index contributed by atoms with van der Waals surface area (Å²) in [5, 5.41) is 1.51. The summed E-state index contributed by atoms with van der Waals surface area (Å²) >= 11 is 0. The van der Waals surface area contributed by atoms with E-state index in [-0.39, 0.29) is 56.1 Å². The number of hydrogen-bond acceptors (Lipinski definition) is 3. The molecule has 0 amide bonds. The van der Waals surface area contributed by atoms with Gasteiger partial charge in [-0.1, -0.05) is 178 Å². The first-order valence-corrected chi connectivity index (χ1v) is 33.0. The molecular weight excluding hydrogens is 924 g/mol. The Hall–Kier alpha value is -4.48. The van der Waals surface area contributed by atoms with Gasteiger partial charge in [-0.25, -0.2) is 0 Å². The molecule has 3 heterocycles. The summed E-state index contributed by atoms with van der Waals surface area (Å²) in [5.74, 6) is 1.21. The molecular formula is C70H91BN2OSi. The molecule has 4 aromatic carbocycles. The summed E-state index contributed by atoms with van der Waals surface area (Å²) in [6.07, 6.45) is 12.9. The number of hydrogen-bond donors (Lipinski definition) is 0. The molecule has 5 aliphatic carbocycles. The smallest absolute Gasteiger partial charge is 0.292 e. The Morgan fingerprint density at radius 3 is 1.56 bits per heavy atom. The summed E-state index contributed by atoms with van der Waals surface area (Å²) < 4.78 is 7.96. The van der Waals surface area contributed by atoms with E-state index in [9.17, 15) is 0 Å². The lowest BCUT2D eigenvalue weighted by Crippen LogP contribution is -2.61. The highest BCUT2D eigenvalue weighted by Gasteiger charge is 2.56. The summed E-state index contributed by atoms with van der Waals surface area (Å²) in [5.41, 5.74) is 25.6. The maximum absolute atomic E-state index is 7.96. The summed E-state index contributed by atoms with van der Waals surface area (Å²) in [4.78, 5) is 5.69. The quantitative estimate of drug-likeness (QED) is 0.167. The first-order chi connectivity index (χ1) is 34.7. The fourth-order valence-corrected chi connectivity index (χ4v) is 17.0. The zero-order valence-corrected chi connectivity index (χ0v) is 51.2. The number of benzene rings is 4. The van der Waals surface area contributed by atoms with Gasteiger partial charge < -0.3 is 14.2 Å². The molecule has 3 nitrogen and oxygen atoms in total. The van der Waals surface area contributed by atoms with Gasteiger partial charge in [-0.2, -0.15) is 0 Å². The van der Waals surface area contributed by atoms with Crippen LogP contribution in [0.1, 0.15) is 220 Å². The normalized spacial score (nSPS) is 24.5. The Morgan fingerprint density at radius 1 is 0.520 bits per heavy atom. The largest absolute Gasteiger partial charge is 0.472 e. The first kappa shape index (κ1) is 51.3. The number of furan rings is 1. The Bertz CT molecular complexity index is 3320. The maximum Gasteiger partial charge on any atom is 0.292 e. The van der Waals surface area contributed by atoms with Crippen molar-refractivity contribution in [3.8, 4) is 11.1 Å². The predicted octanol–water partition coefficient (Wildman–Crippen LogP) is 17.3. The van der Waals surface area contributed by atoms with Crippen LogP contribution < -0.4 is 26.1 Å². The molecule has 0 saturated heterocycles. The van der Waals surface area contributed by atoms with E-state index in [1.807, 2.05) is 0 Å². The van der Waals surface area contributed by atoms with E-state index in [4.69, 9.17) is 4.42 Å². The van der Waals surface area contributed by atoms with Crippen LogP contribution in [0.2, 0.25) is 19.6 Å². The van der Waals surface area contributed by atoms with Crippen molar-refractivity contribution in [1.82, 2.24) is 0 Å². The van der Waals surface area contributed by atoms with E-state index in [2.05, 4.69) is 220 Å². The van der Waals surface area contributed by atoms with Crippen LogP contribution in [0.5, 0.6) is 0 Å². The van der Waals surface area contributed by atoms with Gasteiger partial charge in [0.2, 0.25) is 0 Å². The second-order valence-electron chi connectivity index (χ2n) is 31.7. The predicted molar refractivity (Wildman–Crippen MR) is 326 cm³/mol. The van der Waals surface area contributed by atoms with Gasteiger partial charge in [0.05, 0.1) is 31.2 Å². The Morgan fingerprint density at radius 2 is 1.00 bits per heavy atom. The molecule has 0 bridgehead atoms. The third-order valence-electron chi connectivity index (χ3n) is 21.4. The van der Waals surface area contributed by atoms with Crippen LogP contribution in [0.25, 0.3) is 11.1 Å². The van der Waals surface area contributed by atoms with Crippen molar-refractivity contribution in [2.45, 2.75) is 244 Å². The lowest BCUT2D eigenvalue weighted by molar-refractivity contribution is 0.282.